The number of carbonyl (C=O) groups excluding carboxylic acids is 1. The molecule has 0 bridgehead atoms. The molecule has 6 nitrogen and oxygen atoms in total. The third kappa shape index (κ3) is 3.57. The minimum atomic E-state index is -1.58. The molecule has 2 amide bonds. The zero-order chi connectivity index (χ0) is 17.5. The van der Waals surface area contributed by atoms with Crippen LogP contribution in [0.3, 0.4) is 0 Å². The maximum Gasteiger partial charge on any atom is 0.429 e. The normalized spacial score (nSPS) is 12.1. The maximum atomic E-state index is 12.2. The van der Waals surface area contributed by atoms with Crippen LogP contribution in [-0.2, 0) is 10.8 Å². The predicted molar refractivity (Wildman–Crippen MR) is 83.9 cm³/mol. The molecule has 1 aromatic rings. The number of carboxylic acid groups (broad SMARTS) is 1. The fourth-order valence-electron chi connectivity index (χ4n) is 2.02. The van der Waals surface area contributed by atoms with E-state index in [1.54, 1.807) is 0 Å². The SMILES string of the molecule is CC(C)(C)c1cc(C(=O)N(N)C(=O)O)c(O)c(C(C)(C)C)c1. The van der Waals surface area contributed by atoms with E-state index < -0.39 is 17.4 Å². The van der Waals surface area contributed by atoms with E-state index in [0.717, 1.165) is 5.56 Å². The number of hydrogen-bond donors (Lipinski definition) is 3. The number of nitrogens with two attached hydrogens (primary N) is 1. The number of phenolic OH excluding ortho intramolecular Hbond substituents is 1. The van der Waals surface area contributed by atoms with Crippen molar-refractivity contribution in [2.45, 2.75) is 52.4 Å². The molecule has 0 radical (unpaired) electrons. The second-order valence-corrected chi connectivity index (χ2v) is 7.38. The molecular weight excluding hydrogens is 284 g/mol. The van der Waals surface area contributed by atoms with Crippen molar-refractivity contribution in [1.82, 2.24) is 5.01 Å². The highest BCUT2D eigenvalue weighted by atomic mass is 16.4. The Morgan fingerprint density at radius 3 is 1.91 bits per heavy atom. The number of nitrogens with zero attached hydrogens (tertiary/aromatic N) is 1. The van der Waals surface area contributed by atoms with Crippen molar-refractivity contribution >= 4 is 12.0 Å². The van der Waals surface area contributed by atoms with Crippen molar-refractivity contribution in [3.63, 3.8) is 0 Å². The monoisotopic (exact) mass is 308 g/mol. The molecule has 4 N–H and O–H groups in total. The second-order valence-electron chi connectivity index (χ2n) is 7.38. The van der Waals surface area contributed by atoms with Crippen molar-refractivity contribution in [3.8, 4) is 5.75 Å². The van der Waals surface area contributed by atoms with E-state index in [0.29, 0.717) is 5.56 Å². The molecule has 0 fully saturated rings. The molecule has 0 heterocycles. The van der Waals surface area contributed by atoms with Crippen LogP contribution in [-0.4, -0.2) is 27.2 Å². The fraction of sp³-hybridized carbons (Fsp3) is 0.500. The topological polar surface area (TPSA) is 104 Å². The molecule has 122 valence electrons. The first-order valence-electron chi connectivity index (χ1n) is 6.97. The number of amides is 2. The molecule has 0 aliphatic rings. The van der Waals surface area contributed by atoms with Gasteiger partial charge in [-0.1, -0.05) is 47.6 Å². The van der Waals surface area contributed by atoms with Crippen LogP contribution >= 0.6 is 0 Å². The summed E-state index contributed by atoms with van der Waals surface area (Å²) in [6.45, 7) is 11.6. The van der Waals surface area contributed by atoms with Gasteiger partial charge in [0.1, 0.15) is 5.75 Å². The van der Waals surface area contributed by atoms with E-state index in [4.69, 9.17) is 10.9 Å². The van der Waals surface area contributed by atoms with Gasteiger partial charge in [0.15, 0.2) is 0 Å². The Bertz CT molecular complexity index is 610. The van der Waals surface area contributed by atoms with Gasteiger partial charge in [0, 0.05) is 5.56 Å². The lowest BCUT2D eigenvalue weighted by Gasteiger charge is -2.27. The number of phenols is 1. The third-order valence-corrected chi connectivity index (χ3v) is 3.44. The lowest BCUT2D eigenvalue weighted by atomic mass is 9.79. The highest BCUT2D eigenvalue weighted by molar-refractivity contribution is 6.04. The molecule has 0 atom stereocenters. The van der Waals surface area contributed by atoms with Gasteiger partial charge < -0.3 is 10.2 Å². The second kappa shape index (κ2) is 5.61. The van der Waals surface area contributed by atoms with Crippen molar-refractivity contribution in [2.75, 3.05) is 0 Å². The Hall–Kier alpha value is -2.08. The smallest absolute Gasteiger partial charge is 0.429 e. The van der Waals surface area contributed by atoms with E-state index in [-0.39, 0.29) is 21.7 Å². The number of aromatic hydroxyl groups is 1. The summed E-state index contributed by atoms with van der Waals surface area (Å²) < 4.78 is 0. The Balaban J connectivity index is 3.64. The number of carbonyl (C=O) groups is 2. The van der Waals surface area contributed by atoms with Gasteiger partial charge in [0.25, 0.3) is 5.91 Å². The summed E-state index contributed by atoms with van der Waals surface area (Å²) in [6, 6.07) is 3.34. The van der Waals surface area contributed by atoms with Gasteiger partial charge in [0.2, 0.25) is 0 Å². The van der Waals surface area contributed by atoms with E-state index in [1.807, 2.05) is 47.6 Å². The minimum absolute atomic E-state index is 0.0773. The van der Waals surface area contributed by atoms with Gasteiger partial charge in [-0.2, -0.15) is 5.01 Å². The molecule has 0 aromatic heterocycles. The van der Waals surface area contributed by atoms with Crippen molar-refractivity contribution < 1.29 is 19.8 Å². The molecule has 22 heavy (non-hydrogen) atoms. The quantitative estimate of drug-likeness (QED) is 0.420. The maximum absolute atomic E-state index is 12.2. The summed E-state index contributed by atoms with van der Waals surface area (Å²) in [6.07, 6.45) is -1.58. The average molecular weight is 308 g/mol. The minimum Gasteiger partial charge on any atom is -0.507 e. The lowest BCUT2D eigenvalue weighted by molar-refractivity contribution is 0.0738. The zero-order valence-electron chi connectivity index (χ0n) is 13.9. The largest absolute Gasteiger partial charge is 0.507 e. The van der Waals surface area contributed by atoms with Crippen LogP contribution in [0.4, 0.5) is 4.79 Å². The molecule has 1 aromatic carbocycles. The van der Waals surface area contributed by atoms with Crippen LogP contribution in [0.5, 0.6) is 5.75 Å². The summed E-state index contributed by atoms with van der Waals surface area (Å²) in [5, 5.41) is 19.4. The number of rotatable bonds is 1. The van der Waals surface area contributed by atoms with Gasteiger partial charge in [0.05, 0.1) is 5.56 Å². The van der Waals surface area contributed by atoms with E-state index in [1.165, 1.54) is 6.07 Å². The van der Waals surface area contributed by atoms with Crippen molar-refractivity contribution in [2.24, 2.45) is 5.84 Å². The van der Waals surface area contributed by atoms with Gasteiger partial charge >= 0.3 is 6.09 Å². The first kappa shape index (κ1) is 18.0. The summed E-state index contributed by atoms with van der Waals surface area (Å²) in [7, 11) is 0. The molecule has 0 aliphatic heterocycles. The zero-order valence-corrected chi connectivity index (χ0v) is 13.9. The third-order valence-electron chi connectivity index (χ3n) is 3.44. The van der Waals surface area contributed by atoms with Crippen LogP contribution < -0.4 is 5.84 Å². The van der Waals surface area contributed by atoms with Crippen molar-refractivity contribution in [1.29, 1.82) is 0 Å². The number of imide groups is 1. The van der Waals surface area contributed by atoms with Crippen molar-refractivity contribution in [3.05, 3.63) is 28.8 Å². The number of hydrazine groups is 1. The standard InChI is InChI=1S/C16H24N2O4/c1-15(2,3)9-7-10(13(20)18(17)14(21)22)12(19)11(8-9)16(4,5)6/h7-8,19H,17H2,1-6H3,(H,21,22). The van der Waals surface area contributed by atoms with Gasteiger partial charge in [-0.3, -0.25) is 4.79 Å². The molecule has 0 saturated carbocycles. The number of benzene rings is 1. The molecule has 0 unspecified atom stereocenters. The Morgan fingerprint density at radius 2 is 1.55 bits per heavy atom. The first-order chi connectivity index (χ1) is 9.76. The summed E-state index contributed by atoms with van der Waals surface area (Å²) >= 11 is 0. The van der Waals surface area contributed by atoms with E-state index >= 15 is 0 Å². The van der Waals surface area contributed by atoms with Crippen LogP contribution in [0.25, 0.3) is 0 Å². The predicted octanol–water partition coefficient (Wildman–Crippen LogP) is 2.98. The highest BCUT2D eigenvalue weighted by Gasteiger charge is 2.29. The van der Waals surface area contributed by atoms with Crippen LogP contribution in [0.1, 0.15) is 63.0 Å². The highest BCUT2D eigenvalue weighted by Crippen LogP contribution is 2.37. The van der Waals surface area contributed by atoms with Crippen LogP contribution in [0.15, 0.2) is 12.1 Å². The van der Waals surface area contributed by atoms with Crippen LogP contribution in [0.2, 0.25) is 0 Å². The molecule has 0 aliphatic carbocycles. The van der Waals surface area contributed by atoms with Crippen LogP contribution in [0, 0.1) is 0 Å². The Kier molecular flexibility index (Phi) is 4.58. The van der Waals surface area contributed by atoms with Gasteiger partial charge in [-0.15, -0.1) is 0 Å². The first-order valence-corrected chi connectivity index (χ1v) is 6.97. The Labute approximate surface area is 130 Å². The molecule has 6 heteroatoms. The molecule has 0 spiro atoms. The van der Waals surface area contributed by atoms with Gasteiger partial charge in [-0.05, 0) is 22.5 Å². The summed E-state index contributed by atoms with van der Waals surface area (Å²) in [5.74, 6) is 4.06. The van der Waals surface area contributed by atoms with E-state index in [9.17, 15) is 14.7 Å². The van der Waals surface area contributed by atoms with Gasteiger partial charge in [-0.25, -0.2) is 10.6 Å². The average Bonchev–Trinajstić information content (AvgIpc) is 2.34. The molecular formula is C16H24N2O4. The molecule has 0 saturated heterocycles. The number of hydrogen-bond acceptors (Lipinski definition) is 4. The fourth-order valence-corrected chi connectivity index (χ4v) is 2.02. The Morgan fingerprint density at radius 1 is 1.05 bits per heavy atom. The van der Waals surface area contributed by atoms with E-state index in [2.05, 4.69) is 0 Å². The molecule has 1 rings (SSSR count). The summed E-state index contributed by atoms with van der Waals surface area (Å²) in [4.78, 5) is 23.1. The summed E-state index contributed by atoms with van der Waals surface area (Å²) in [5.41, 5.74) is 0.593. The lowest BCUT2D eigenvalue weighted by Crippen LogP contribution is -2.41.